The number of piperidine rings is 1. The van der Waals surface area contributed by atoms with Crippen molar-refractivity contribution in [2.75, 3.05) is 13.1 Å². The van der Waals surface area contributed by atoms with Crippen LogP contribution >= 0.6 is 0 Å². The van der Waals surface area contributed by atoms with E-state index in [1.54, 1.807) is 0 Å². The Balaban J connectivity index is 1.54. The topological polar surface area (TPSA) is 84.2 Å². The normalized spacial score (nSPS) is 47.3. The molecule has 1 aliphatic heterocycles. The predicted octanol–water partition coefficient (Wildman–Crippen LogP) is 2.20. The third-order valence-electron chi connectivity index (χ3n) is 8.85. The summed E-state index contributed by atoms with van der Waals surface area (Å²) < 4.78 is 0. The van der Waals surface area contributed by atoms with Gasteiger partial charge in [0.1, 0.15) is 0 Å². The van der Waals surface area contributed by atoms with E-state index in [1.165, 1.54) is 19.3 Å². The molecule has 4 fully saturated rings. The van der Waals surface area contributed by atoms with Crippen molar-refractivity contribution >= 4 is 11.8 Å². The van der Waals surface area contributed by atoms with Gasteiger partial charge in [-0.15, -0.1) is 0 Å². The molecule has 1 saturated heterocycles. The highest BCUT2D eigenvalue weighted by Crippen LogP contribution is 2.65. The molecule has 3 saturated carbocycles. The second-order valence-corrected chi connectivity index (χ2v) is 9.83. The van der Waals surface area contributed by atoms with Gasteiger partial charge in [-0.25, -0.2) is 0 Å². The largest absolute Gasteiger partial charge is 0.355 e. The van der Waals surface area contributed by atoms with Crippen molar-refractivity contribution < 1.29 is 9.59 Å². The van der Waals surface area contributed by atoms with Crippen LogP contribution in [0.5, 0.6) is 0 Å². The summed E-state index contributed by atoms with van der Waals surface area (Å²) in [6.45, 7) is 5.90. The standard InChI is InChI=1S/C21H35N3O2/c1-20-9-7-15-13(3-6-17-21(15,2)10-8-18(25)24-17)14(20)4-5-16(20)19(26)23-12-11-22/h13-17H,3-12,22H2,1-2H3,(H,23,26)(H,24,25)/t13?,14?,15?,16?,17-,20+,21-/m1/s1. The van der Waals surface area contributed by atoms with Crippen molar-refractivity contribution in [1.82, 2.24) is 10.6 Å². The molecule has 26 heavy (non-hydrogen) atoms. The van der Waals surface area contributed by atoms with E-state index in [2.05, 4.69) is 24.5 Å². The average molecular weight is 362 g/mol. The summed E-state index contributed by atoms with van der Waals surface area (Å²) >= 11 is 0. The third kappa shape index (κ3) is 2.61. The van der Waals surface area contributed by atoms with Gasteiger partial charge in [0, 0.05) is 31.5 Å². The quantitative estimate of drug-likeness (QED) is 0.720. The van der Waals surface area contributed by atoms with E-state index in [-0.39, 0.29) is 28.6 Å². The Bertz CT molecular complexity index is 594. The van der Waals surface area contributed by atoms with Crippen molar-refractivity contribution in [2.45, 2.75) is 71.3 Å². The molecule has 3 aliphatic carbocycles. The van der Waals surface area contributed by atoms with Gasteiger partial charge < -0.3 is 16.4 Å². The highest BCUT2D eigenvalue weighted by atomic mass is 16.2. The van der Waals surface area contributed by atoms with Crippen molar-refractivity contribution in [3.05, 3.63) is 0 Å². The van der Waals surface area contributed by atoms with Gasteiger partial charge in [0.05, 0.1) is 0 Å². The molecule has 4 N–H and O–H groups in total. The van der Waals surface area contributed by atoms with E-state index < -0.39 is 0 Å². The Kier molecular flexibility index (Phi) is 4.57. The molecule has 5 heteroatoms. The Morgan fingerprint density at radius 2 is 1.88 bits per heavy atom. The van der Waals surface area contributed by atoms with E-state index >= 15 is 0 Å². The summed E-state index contributed by atoms with van der Waals surface area (Å²) in [5, 5.41) is 6.35. The van der Waals surface area contributed by atoms with Gasteiger partial charge in [0.25, 0.3) is 0 Å². The number of hydrogen-bond acceptors (Lipinski definition) is 3. The van der Waals surface area contributed by atoms with Crippen molar-refractivity contribution in [1.29, 1.82) is 0 Å². The first-order valence-corrected chi connectivity index (χ1v) is 10.7. The van der Waals surface area contributed by atoms with Crippen molar-refractivity contribution in [2.24, 2.45) is 40.2 Å². The van der Waals surface area contributed by atoms with Gasteiger partial charge in [0.15, 0.2) is 0 Å². The van der Waals surface area contributed by atoms with E-state index in [4.69, 9.17) is 5.73 Å². The Morgan fingerprint density at radius 3 is 2.65 bits per heavy atom. The van der Waals surface area contributed by atoms with Crippen LogP contribution < -0.4 is 16.4 Å². The van der Waals surface area contributed by atoms with Crippen LogP contribution in [0.3, 0.4) is 0 Å². The molecule has 5 nitrogen and oxygen atoms in total. The highest BCUT2D eigenvalue weighted by Gasteiger charge is 2.61. The van der Waals surface area contributed by atoms with Gasteiger partial charge in [-0.3, -0.25) is 9.59 Å². The molecular weight excluding hydrogens is 326 g/mol. The number of nitrogens with two attached hydrogens (primary N) is 1. The number of carbonyl (C=O) groups is 2. The fourth-order valence-electron chi connectivity index (χ4n) is 7.45. The van der Waals surface area contributed by atoms with Crippen molar-refractivity contribution in [3.63, 3.8) is 0 Å². The predicted molar refractivity (Wildman–Crippen MR) is 101 cm³/mol. The van der Waals surface area contributed by atoms with Crippen LogP contribution in [0.2, 0.25) is 0 Å². The van der Waals surface area contributed by atoms with Crippen LogP contribution in [0.4, 0.5) is 0 Å². The van der Waals surface area contributed by atoms with Gasteiger partial charge in [-0.2, -0.15) is 0 Å². The summed E-state index contributed by atoms with van der Waals surface area (Å²) in [7, 11) is 0. The minimum Gasteiger partial charge on any atom is -0.355 e. The molecule has 0 aromatic carbocycles. The molecule has 0 spiro atoms. The molecule has 7 atom stereocenters. The van der Waals surface area contributed by atoms with Gasteiger partial charge in [-0.05, 0) is 73.5 Å². The van der Waals surface area contributed by atoms with E-state index in [0.717, 1.165) is 31.6 Å². The molecule has 4 unspecified atom stereocenters. The van der Waals surface area contributed by atoms with Crippen molar-refractivity contribution in [3.8, 4) is 0 Å². The second-order valence-electron chi connectivity index (χ2n) is 9.83. The van der Waals surface area contributed by atoms with E-state index in [9.17, 15) is 9.59 Å². The first-order chi connectivity index (χ1) is 12.4. The van der Waals surface area contributed by atoms with Crippen LogP contribution in [0.25, 0.3) is 0 Å². The van der Waals surface area contributed by atoms with Gasteiger partial charge in [-0.1, -0.05) is 13.8 Å². The van der Waals surface area contributed by atoms with Crippen LogP contribution in [0.15, 0.2) is 0 Å². The zero-order chi connectivity index (χ0) is 18.5. The molecule has 0 aromatic rings. The Labute approximate surface area is 157 Å². The zero-order valence-corrected chi connectivity index (χ0v) is 16.4. The van der Waals surface area contributed by atoms with Crippen LogP contribution in [-0.2, 0) is 9.59 Å². The minimum absolute atomic E-state index is 0.140. The average Bonchev–Trinajstić information content (AvgIpc) is 2.97. The SMILES string of the molecule is C[C@]12CCC3C(CC[C@H]4NC(=O)CC[C@]34C)C1CCC2C(=O)NCCN. The number of nitrogens with one attached hydrogen (secondary N) is 2. The first-order valence-electron chi connectivity index (χ1n) is 10.7. The number of hydrogen-bond donors (Lipinski definition) is 3. The summed E-state index contributed by atoms with van der Waals surface area (Å²) in [6.07, 6.45) is 8.61. The number of amides is 2. The summed E-state index contributed by atoms with van der Waals surface area (Å²) in [5.74, 6) is 2.69. The summed E-state index contributed by atoms with van der Waals surface area (Å²) in [5.41, 5.74) is 5.96. The maximum absolute atomic E-state index is 12.7. The monoisotopic (exact) mass is 361 g/mol. The molecule has 1 heterocycles. The first kappa shape index (κ1) is 18.3. The lowest BCUT2D eigenvalue weighted by Crippen LogP contribution is -2.61. The molecule has 4 aliphatic rings. The number of fused-ring (bicyclic) bond motifs is 5. The minimum atomic E-state index is 0.140. The maximum Gasteiger partial charge on any atom is 0.223 e. The highest BCUT2D eigenvalue weighted by molar-refractivity contribution is 5.80. The maximum atomic E-state index is 12.7. The van der Waals surface area contributed by atoms with Crippen LogP contribution in [0.1, 0.15) is 65.2 Å². The second kappa shape index (κ2) is 6.50. The van der Waals surface area contributed by atoms with E-state index in [0.29, 0.717) is 37.4 Å². The molecule has 4 rings (SSSR count). The Hall–Kier alpha value is -1.10. The fourth-order valence-corrected chi connectivity index (χ4v) is 7.45. The Morgan fingerprint density at radius 1 is 1.12 bits per heavy atom. The van der Waals surface area contributed by atoms with E-state index in [1.807, 2.05) is 0 Å². The molecule has 2 amide bonds. The number of rotatable bonds is 3. The summed E-state index contributed by atoms with van der Waals surface area (Å²) in [4.78, 5) is 24.6. The molecule has 146 valence electrons. The van der Waals surface area contributed by atoms with Gasteiger partial charge in [0.2, 0.25) is 11.8 Å². The van der Waals surface area contributed by atoms with Crippen LogP contribution in [-0.4, -0.2) is 30.9 Å². The van der Waals surface area contributed by atoms with Gasteiger partial charge >= 0.3 is 0 Å². The molecule has 0 bridgehead atoms. The lowest BCUT2D eigenvalue weighted by molar-refractivity contribution is -0.141. The lowest BCUT2D eigenvalue weighted by atomic mass is 9.47. The molecular formula is C21H35N3O2. The fraction of sp³-hybridized carbons (Fsp3) is 0.905. The smallest absolute Gasteiger partial charge is 0.223 e. The zero-order valence-electron chi connectivity index (χ0n) is 16.4. The summed E-state index contributed by atoms with van der Waals surface area (Å²) in [6, 6.07) is 0.361. The number of carbonyl (C=O) groups excluding carboxylic acids is 2. The van der Waals surface area contributed by atoms with Crippen LogP contribution in [0, 0.1) is 34.5 Å². The molecule has 0 aromatic heterocycles. The third-order valence-corrected chi connectivity index (χ3v) is 8.85. The lowest BCUT2D eigenvalue weighted by Gasteiger charge is -2.60. The molecule has 0 radical (unpaired) electrons.